The number of nitrogens with zero attached hydrogens (tertiary/aromatic N) is 1. The van der Waals surface area contributed by atoms with Crippen LogP contribution >= 0.6 is 0 Å². The lowest BCUT2D eigenvalue weighted by molar-refractivity contribution is -0.147. The van der Waals surface area contributed by atoms with E-state index in [0.717, 1.165) is 12.8 Å². The Morgan fingerprint density at radius 2 is 1.73 bits per heavy atom. The van der Waals surface area contributed by atoms with Crippen molar-refractivity contribution < 1.29 is 14.0 Å². The molecule has 2 rings (SSSR count). The van der Waals surface area contributed by atoms with Crippen molar-refractivity contribution in [2.45, 2.75) is 33.6 Å². The highest BCUT2D eigenvalue weighted by Gasteiger charge is 2.39. The maximum absolute atomic E-state index is 12.9. The van der Waals surface area contributed by atoms with Crippen LogP contribution in [0.25, 0.3) is 0 Å². The van der Waals surface area contributed by atoms with Gasteiger partial charge in [-0.15, -0.1) is 0 Å². The molecule has 1 aliphatic rings. The largest absolute Gasteiger partial charge is 0.342 e. The van der Waals surface area contributed by atoms with Crippen molar-refractivity contribution >= 4 is 17.5 Å². The first kappa shape index (κ1) is 16.5. The molecule has 1 aliphatic heterocycles. The van der Waals surface area contributed by atoms with Gasteiger partial charge in [0.1, 0.15) is 11.2 Å². The third-order valence-corrected chi connectivity index (χ3v) is 4.28. The maximum Gasteiger partial charge on any atom is 0.239 e. The number of amides is 2. The number of hydrogen-bond donors (Lipinski definition) is 1. The van der Waals surface area contributed by atoms with Crippen LogP contribution in [-0.2, 0) is 9.59 Å². The van der Waals surface area contributed by atoms with Crippen LogP contribution in [0.15, 0.2) is 24.3 Å². The van der Waals surface area contributed by atoms with Gasteiger partial charge in [0.2, 0.25) is 11.8 Å². The minimum Gasteiger partial charge on any atom is -0.342 e. The number of nitrogens with one attached hydrogen (secondary N) is 1. The minimum atomic E-state index is -1.14. The van der Waals surface area contributed by atoms with Gasteiger partial charge in [-0.2, -0.15) is 0 Å². The van der Waals surface area contributed by atoms with Crippen molar-refractivity contribution in [2.24, 2.45) is 11.3 Å². The van der Waals surface area contributed by atoms with Crippen LogP contribution in [0.1, 0.15) is 33.6 Å². The molecule has 1 N–H and O–H groups in total. The standard InChI is InChI=1S/C17H23FN2O2/c1-12-8-10-20(11-9-12)16(22)17(2,3)15(21)19-14-6-4-13(18)5-7-14/h4-7,12H,8-11H2,1-3H3,(H,19,21). The summed E-state index contributed by atoms with van der Waals surface area (Å²) in [6.07, 6.45) is 1.95. The smallest absolute Gasteiger partial charge is 0.239 e. The Kier molecular flexibility index (Phi) is 4.84. The van der Waals surface area contributed by atoms with E-state index in [4.69, 9.17) is 0 Å². The average Bonchev–Trinajstić information content (AvgIpc) is 2.49. The van der Waals surface area contributed by atoms with Gasteiger partial charge in [-0.25, -0.2) is 4.39 Å². The number of likely N-dealkylation sites (tertiary alicyclic amines) is 1. The summed E-state index contributed by atoms with van der Waals surface area (Å²) >= 11 is 0. The van der Waals surface area contributed by atoms with Crippen LogP contribution in [0.5, 0.6) is 0 Å². The molecule has 2 amide bonds. The van der Waals surface area contributed by atoms with E-state index in [1.165, 1.54) is 24.3 Å². The number of anilines is 1. The zero-order chi connectivity index (χ0) is 16.3. The van der Waals surface area contributed by atoms with Crippen molar-refractivity contribution in [3.8, 4) is 0 Å². The first-order chi connectivity index (χ1) is 10.3. The number of rotatable bonds is 3. The van der Waals surface area contributed by atoms with Crippen molar-refractivity contribution in [3.05, 3.63) is 30.1 Å². The second kappa shape index (κ2) is 6.46. The molecule has 0 aromatic heterocycles. The Bertz CT molecular complexity index is 546. The van der Waals surface area contributed by atoms with Crippen molar-refractivity contribution in [3.63, 3.8) is 0 Å². The Morgan fingerprint density at radius 3 is 2.27 bits per heavy atom. The van der Waals surface area contributed by atoms with E-state index < -0.39 is 5.41 Å². The number of benzene rings is 1. The van der Waals surface area contributed by atoms with Gasteiger partial charge in [-0.1, -0.05) is 6.92 Å². The molecule has 0 aliphatic carbocycles. The van der Waals surface area contributed by atoms with Crippen molar-refractivity contribution in [1.82, 2.24) is 4.90 Å². The molecule has 1 saturated heterocycles. The van der Waals surface area contributed by atoms with E-state index >= 15 is 0 Å². The monoisotopic (exact) mass is 306 g/mol. The molecule has 0 bridgehead atoms. The summed E-state index contributed by atoms with van der Waals surface area (Å²) in [5, 5.41) is 2.69. The van der Waals surface area contributed by atoms with Crippen LogP contribution < -0.4 is 5.32 Å². The summed E-state index contributed by atoms with van der Waals surface area (Å²) in [5.41, 5.74) is -0.658. The third kappa shape index (κ3) is 3.64. The highest BCUT2D eigenvalue weighted by Crippen LogP contribution is 2.25. The van der Waals surface area contributed by atoms with Crippen LogP contribution in [0.3, 0.4) is 0 Å². The fraction of sp³-hybridized carbons (Fsp3) is 0.529. The van der Waals surface area contributed by atoms with Crippen LogP contribution in [0.4, 0.5) is 10.1 Å². The molecule has 0 atom stereocenters. The molecular weight excluding hydrogens is 283 g/mol. The van der Waals surface area contributed by atoms with Crippen molar-refractivity contribution in [2.75, 3.05) is 18.4 Å². The lowest BCUT2D eigenvalue weighted by Crippen LogP contribution is -2.49. The number of carbonyl (C=O) groups excluding carboxylic acids is 2. The van der Waals surface area contributed by atoms with Gasteiger partial charge in [0.25, 0.3) is 0 Å². The molecule has 1 aromatic carbocycles. The summed E-state index contributed by atoms with van der Waals surface area (Å²) in [5.74, 6) is -0.266. The highest BCUT2D eigenvalue weighted by molar-refractivity contribution is 6.09. The fourth-order valence-electron chi connectivity index (χ4n) is 2.52. The van der Waals surface area contributed by atoms with E-state index in [2.05, 4.69) is 12.2 Å². The first-order valence-electron chi connectivity index (χ1n) is 7.67. The Morgan fingerprint density at radius 1 is 1.18 bits per heavy atom. The second-order valence-corrected chi connectivity index (χ2v) is 6.56. The topological polar surface area (TPSA) is 49.4 Å². The van der Waals surface area contributed by atoms with Gasteiger partial charge >= 0.3 is 0 Å². The Hall–Kier alpha value is -1.91. The SMILES string of the molecule is CC1CCN(C(=O)C(C)(C)C(=O)Nc2ccc(F)cc2)CC1. The first-order valence-corrected chi connectivity index (χ1v) is 7.67. The molecule has 1 aromatic rings. The predicted octanol–water partition coefficient (Wildman–Crippen LogP) is 3.05. The van der Waals surface area contributed by atoms with Crippen LogP contribution in [0, 0.1) is 17.2 Å². The zero-order valence-corrected chi connectivity index (χ0v) is 13.4. The average molecular weight is 306 g/mol. The molecular formula is C17H23FN2O2. The summed E-state index contributed by atoms with van der Waals surface area (Å²) in [4.78, 5) is 26.8. The van der Waals surface area contributed by atoms with Gasteiger partial charge in [-0.05, 0) is 56.9 Å². The van der Waals surface area contributed by atoms with Crippen LogP contribution in [-0.4, -0.2) is 29.8 Å². The normalized spacial score (nSPS) is 16.5. The molecule has 0 unspecified atom stereocenters. The minimum absolute atomic E-state index is 0.154. The van der Waals surface area contributed by atoms with E-state index in [1.54, 1.807) is 18.7 Å². The van der Waals surface area contributed by atoms with Gasteiger partial charge < -0.3 is 10.2 Å². The summed E-state index contributed by atoms with van der Waals surface area (Å²) in [6.45, 7) is 6.84. The van der Waals surface area contributed by atoms with E-state index in [9.17, 15) is 14.0 Å². The molecule has 22 heavy (non-hydrogen) atoms. The molecule has 1 heterocycles. The maximum atomic E-state index is 12.9. The van der Waals surface area contributed by atoms with E-state index in [1.807, 2.05) is 0 Å². The van der Waals surface area contributed by atoms with Crippen LogP contribution in [0.2, 0.25) is 0 Å². The Balaban J connectivity index is 2.03. The van der Waals surface area contributed by atoms with Gasteiger partial charge in [0, 0.05) is 18.8 Å². The van der Waals surface area contributed by atoms with Gasteiger partial charge in [-0.3, -0.25) is 9.59 Å². The number of carbonyl (C=O) groups is 2. The molecule has 4 nitrogen and oxygen atoms in total. The molecule has 0 saturated carbocycles. The summed E-state index contributed by atoms with van der Waals surface area (Å²) in [6, 6.07) is 5.51. The third-order valence-electron chi connectivity index (χ3n) is 4.28. The number of piperidine rings is 1. The molecule has 5 heteroatoms. The molecule has 120 valence electrons. The molecule has 0 radical (unpaired) electrons. The lowest BCUT2D eigenvalue weighted by atomic mass is 9.88. The summed E-state index contributed by atoms with van der Waals surface area (Å²) in [7, 11) is 0. The summed E-state index contributed by atoms with van der Waals surface area (Å²) < 4.78 is 12.9. The van der Waals surface area contributed by atoms with Crippen molar-refractivity contribution in [1.29, 1.82) is 0 Å². The quantitative estimate of drug-likeness (QED) is 0.873. The van der Waals surface area contributed by atoms with Gasteiger partial charge in [0.05, 0.1) is 0 Å². The fourth-order valence-corrected chi connectivity index (χ4v) is 2.52. The molecule has 0 spiro atoms. The predicted molar refractivity (Wildman–Crippen MR) is 83.8 cm³/mol. The number of halogens is 1. The van der Waals surface area contributed by atoms with E-state index in [-0.39, 0.29) is 17.6 Å². The number of hydrogen-bond acceptors (Lipinski definition) is 2. The Labute approximate surface area is 130 Å². The highest BCUT2D eigenvalue weighted by atomic mass is 19.1. The lowest BCUT2D eigenvalue weighted by Gasteiger charge is -2.35. The van der Waals surface area contributed by atoms with Gasteiger partial charge in [0.15, 0.2) is 0 Å². The zero-order valence-electron chi connectivity index (χ0n) is 13.4. The molecule has 1 fully saturated rings. The van der Waals surface area contributed by atoms with E-state index in [0.29, 0.717) is 24.7 Å². The second-order valence-electron chi connectivity index (χ2n) is 6.56.